The molecule has 2 aliphatic heterocycles. The number of benzene rings is 1. The van der Waals surface area contributed by atoms with Crippen molar-refractivity contribution in [2.24, 2.45) is 5.41 Å². The number of carbonyl (C=O) groups excluding carboxylic acids is 2. The topological polar surface area (TPSA) is 138 Å². The molecule has 2 aliphatic rings. The fourth-order valence-corrected chi connectivity index (χ4v) is 5.85. The van der Waals surface area contributed by atoms with Crippen molar-refractivity contribution in [2.75, 3.05) is 19.6 Å². The van der Waals surface area contributed by atoms with Crippen molar-refractivity contribution in [1.82, 2.24) is 40.5 Å². The Morgan fingerprint density at radius 3 is 2.51 bits per heavy atom. The van der Waals surface area contributed by atoms with Crippen molar-refractivity contribution in [2.45, 2.75) is 77.1 Å². The third kappa shape index (κ3) is 6.46. The number of amides is 2. The lowest BCUT2D eigenvalue weighted by atomic mass is 9.85. The number of piperidine rings is 1. The third-order valence-electron chi connectivity index (χ3n) is 8.10. The Morgan fingerprint density at radius 1 is 1.12 bits per heavy atom. The second-order valence-corrected chi connectivity index (χ2v) is 12.3. The van der Waals surface area contributed by atoms with E-state index in [0.717, 1.165) is 48.4 Å². The van der Waals surface area contributed by atoms with Crippen molar-refractivity contribution in [3.8, 4) is 11.3 Å². The minimum Gasteiger partial charge on any atom is -0.391 e. The molecule has 0 spiro atoms. The van der Waals surface area contributed by atoms with E-state index in [4.69, 9.17) is 0 Å². The molecule has 2 fully saturated rings. The monoisotopic (exact) mass is 560 g/mol. The molecule has 0 aliphatic carbocycles. The van der Waals surface area contributed by atoms with Crippen LogP contribution in [0.25, 0.3) is 11.3 Å². The highest BCUT2D eigenvalue weighted by molar-refractivity contribution is 5.90. The average Bonchev–Trinajstić information content (AvgIpc) is 3.60. The number of likely N-dealkylation sites (tertiary alicyclic amines) is 1. The van der Waals surface area contributed by atoms with E-state index in [1.54, 1.807) is 23.3 Å². The van der Waals surface area contributed by atoms with E-state index in [1.807, 2.05) is 58.2 Å². The molecule has 2 amide bonds. The molecule has 2 aromatic heterocycles. The number of rotatable bonds is 7. The number of aliphatic hydroxyl groups is 1. The minimum atomic E-state index is -0.781. The van der Waals surface area contributed by atoms with Crippen molar-refractivity contribution < 1.29 is 14.7 Å². The van der Waals surface area contributed by atoms with Gasteiger partial charge in [0.05, 0.1) is 29.7 Å². The highest BCUT2D eigenvalue weighted by Gasteiger charge is 2.45. The zero-order valence-corrected chi connectivity index (χ0v) is 24.2. The van der Waals surface area contributed by atoms with E-state index in [1.165, 1.54) is 4.90 Å². The number of carbonyl (C=O) groups is 2. The Morgan fingerprint density at radius 2 is 1.85 bits per heavy atom. The Kier molecular flexibility index (Phi) is 8.46. The van der Waals surface area contributed by atoms with Gasteiger partial charge in [-0.1, -0.05) is 50.3 Å². The molecular formula is C30H40N8O3. The van der Waals surface area contributed by atoms with Crippen LogP contribution in [0.2, 0.25) is 0 Å². The summed E-state index contributed by atoms with van der Waals surface area (Å²) < 4.78 is 1.65. The molecule has 3 N–H and O–H groups in total. The minimum absolute atomic E-state index is 0.0978. The number of β-amino-alcohol motifs (C(OH)–C–C–N with tert-alkyl or cyclic N) is 1. The van der Waals surface area contributed by atoms with E-state index in [0.29, 0.717) is 5.92 Å². The first-order valence-corrected chi connectivity index (χ1v) is 14.4. The molecule has 0 bridgehead atoms. The van der Waals surface area contributed by atoms with E-state index >= 15 is 0 Å². The van der Waals surface area contributed by atoms with E-state index < -0.39 is 23.6 Å². The van der Waals surface area contributed by atoms with Crippen LogP contribution in [0, 0.1) is 5.41 Å². The second kappa shape index (κ2) is 12.0. The maximum Gasteiger partial charge on any atom is 0.248 e. The molecule has 4 atom stereocenters. The van der Waals surface area contributed by atoms with Gasteiger partial charge in [-0.15, -0.1) is 5.10 Å². The number of nitrogens with zero attached hydrogens (tertiary/aromatic N) is 6. The molecule has 11 heteroatoms. The highest BCUT2D eigenvalue weighted by atomic mass is 16.3. The number of hydrogen-bond acceptors (Lipinski definition) is 8. The van der Waals surface area contributed by atoms with Crippen LogP contribution in [0.15, 0.2) is 49.1 Å². The Hall–Kier alpha value is -3.70. The van der Waals surface area contributed by atoms with Gasteiger partial charge in [-0.05, 0) is 43.8 Å². The van der Waals surface area contributed by atoms with Gasteiger partial charge in [-0.25, -0.2) is 4.68 Å². The highest BCUT2D eigenvalue weighted by Crippen LogP contribution is 2.35. The van der Waals surface area contributed by atoms with Gasteiger partial charge in [0.2, 0.25) is 11.8 Å². The Bertz CT molecular complexity index is 1330. The average molecular weight is 561 g/mol. The molecule has 11 nitrogen and oxygen atoms in total. The first-order chi connectivity index (χ1) is 19.6. The van der Waals surface area contributed by atoms with Crippen LogP contribution in [0.1, 0.15) is 76.2 Å². The van der Waals surface area contributed by atoms with Crippen LogP contribution < -0.4 is 10.6 Å². The van der Waals surface area contributed by atoms with Crippen LogP contribution in [0.4, 0.5) is 0 Å². The lowest BCUT2D eigenvalue weighted by Gasteiger charge is -2.35. The van der Waals surface area contributed by atoms with Gasteiger partial charge in [-0.3, -0.25) is 19.6 Å². The quantitative estimate of drug-likeness (QED) is 0.401. The summed E-state index contributed by atoms with van der Waals surface area (Å²) in [5, 5.41) is 25.8. The normalized spacial score (nSPS) is 21.4. The summed E-state index contributed by atoms with van der Waals surface area (Å²) >= 11 is 0. The molecule has 1 aromatic carbocycles. The van der Waals surface area contributed by atoms with Crippen LogP contribution in [-0.2, 0) is 9.59 Å². The fraction of sp³-hybridized carbons (Fsp3) is 0.533. The molecule has 2 saturated heterocycles. The van der Waals surface area contributed by atoms with Gasteiger partial charge >= 0.3 is 0 Å². The summed E-state index contributed by atoms with van der Waals surface area (Å²) in [7, 11) is 0. The lowest BCUT2D eigenvalue weighted by Crippen LogP contribution is -2.50. The number of hydrogen-bond donors (Lipinski definition) is 3. The van der Waals surface area contributed by atoms with Crippen LogP contribution in [0.5, 0.6) is 0 Å². The fourth-order valence-electron chi connectivity index (χ4n) is 5.85. The van der Waals surface area contributed by atoms with Gasteiger partial charge < -0.3 is 20.6 Å². The van der Waals surface area contributed by atoms with Crippen molar-refractivity contribution in [3.05, 3.63) is 60.3 Å². The maximum atomic E-state index is 14.1. The predicted octanol–water partition coefficient (Wildman–Crippen LogP) is 2.63. The molecule has 3 aromatic rings. The second-order valence-electron chi connectivity index (χ2n) is 12.3. The van der Waals surface area contributed by atoms with Gasteiger partial charge in [0.25, 0.3) is 0 Å². The third-order valence-corrected chi connectivity index (χ3v) is 8.10. The smallest absolute Gasteiger partial charge is 0.248 e. The summed E-state index contributed by atoms with van der Waals surface area (Å²) in [6.45, 7) is 9.82. The number of nitrogens with one attached hydrogen (secondary N) is 2. The van der Waals surface area contributed by atoms with Gasteiger partial charge in [0.15, 0.2) is 0 Å². The van der Waals surface area contributed by atoms with Crippen molar-refractivity contribution in [3.63, 3.8) is 0 Å². The molecule has 5 rings (SSSR count). The van der Waals surface area contributed by atoms with E-state index in [9.17, 15) is 14.7 Å². The first kappa shape index (κ1) is 28.8. The summed E-state index contributed by atoms with van der Waals surface area (Å²) in [5.74, 6) is -0.219. The predicted molar refractivity (Wildman–Crippen MR) is 154 cm³/mol. The molecule has 0 saturated carbocycles. The Labute approximate surface area is 240 Å². The SMILES string of the molecule is C[C@H](NC(=O)[C@@H]1C[C@@H](O)CN1C(=O)[C@@H](n1cc(C2CCNCC2)nn1)C(C)(C)C)c1ccc(-c2cnccn2)cc1. The summed E-state index contributed by atoms with van der Waals surface area (Å²) in [6, 6.07) is 6.04. The van der Waals surface area contributed by atoms with Gasteiger partial charge in [-0.2, -0.15) is 0 Å². The van der Waals surface area contributed by atoms with E-state index in [2.05, 4.69) is 30.9 Å². The molecule has 0 unspecified atom stereocenters. The Balaban J connectivity index is 1.30. The maximum absolute atomic E-state index is 14.1. The molecule has 218 valence electrons. The van der Waals surface area contributed by atoms with Crippen LogP contribution >= 0.6 is 0 Å². The van der Waals surface area contributed by atoms with Gasteiger partial charge in [0, 0.05) is 43.0 Å². The van der Waals surface area contributed by atoms with Crippen molar-refractivity contribution in [1.29, 1.82) is 0 Å². The zero-order chi connectivity index (χ0) is 29.1. The molecular weight excluding hydrogens is 520 g/mol. The molecule has 41 heavy (non-hydrogen) atoms. The number of aromatic nitrogens is 5. The standard InChI is InChI=1S/C30H40N8O3/c1-19(20-5-7-21(8-6-20)24-16-32-13-14-33-24)34-28(40)26-15-23(39)17-37(26)29(41)27(30(2,3)4)38-18-25(35-36-38)22-9-11-31-12-10-22/h5-8,13-14,16,18-19,22-23,26-27,31,39H,9-12,15,17H2,1-4H3,(H,34,40)/t19-,23+,26-,27+/m0/s1. The summed E-state index contributed by atoms with van der Waals surface area (Å²) in [4.78, 5) is 37.6. The lowest BCUT2D eigenvalue weighted by molar-refractivity contribution is -0.144. The number of aliphatic hydroxyl groups excluding tert-OH is 1. The van der Waals surface area contributed by atoms with Crippen molar-refractivity contribution >= 4 is 11.8 Å². The largest absolute Gasteiger partial charge is 0.391 e. The summed E-state index contributed by atoms with van der Waals surface area (Å²) in [5.41, 5.74) is 3.02. The van der Waals surface area contributed by atoms with E-state index in [-0.39, 0.29) is 30.8 Å². The van der Waals surface area contributed by atoms with Crippen LogP contribution in [0.3, 0.4) is 0 Å². The van der Waals surface area contributed by atoms with Crippen LogP contribution in [-0.4, -0.2) is 78.6 Å². The molecule has 0 radical (unpaired) electrons. The molecule has 4 heterocycles. The zero-order valence-electron chi connectivity index (χ0n) is 24.2. The summed E-state index contributed by atoms with van der Waals surface area (Å²) in [6.07, 6.45) is 8.24. The first-order valence-electron chi connectivity index (χ1n) is 14.4. The van der Waals surface area contributed by atoms with Gasteiger partial charge in [0.1, 0.15) is 12.1 Å².